The lowest BCUT2D eigenvalue weighted by atomic mass is 9.80. The van der Waals surface area contributed by atoms with Crippen LogP contribution in [0.25, 0.3) is 0 Å². The molecule has 1 aliphatic heterocycles. The zero-order valence-corrected chi connectivity index (χ0v) is 10.0. The number of hydrogen-bond donors (Lipinski definition) is 2. The summed E-state index contributed by atoms with van der Waals surface area (Å²) in [6, 6.07) is 3.97. The SMILES string of the molecule is OB(O)c1ccc(OCC2CCCCO2)cc1F. The van der Waals surface area contributed by atoms with Gasteiger partial charge in [-0.25, -0.2) is 4.39 Å². The third kappa shape index (κ3) is 3.44. The molecule has 1 heterocycles. The van der Waals surface area contributed by atoms with Crippen LogP contribution >= 0.6 is 0 Å². The molecular formula is C12H16BFO4. The van der Waals surface area contributed by atoms with Crippen LogP contribution in [0.15, 0.2) is 18.2 Å². The van der Waals surface area contributed by atoms with Crippen molar-refractivity contribution in [3.63, 3.8) is 0 Å². The first-order chi connectivity index (χ1) is 8.66. The predicted molar refractivity (Wildman–Crippen MR) is 65.3 cm³/mol. The largest absolute Gasteiger partial charge is 0.491 e. The molecule has 6 heteroatoms. The van der Waals surface area contributed by atoms with Crippen molar-refractivity contribution < 1.29 is 23.9 Å². The van der Waals surface area contributed by atoms with Gasteiger partial charge in [0, 0.05) is 18.1 Å². The van der Waals surface area contributed by atoms with Gasteiger partial charge in [-0.1, -0.05) is 6.07 Å². The Hall–Kier alpha value is -1.11. The summed E-state index contributed by atoms with van der Waals surface area (Å²) < 4.78 is 24.4. The Bertz CT molecular complexity index is 394. The molecule has 1 saturated heterocycles. The molecule has 0 aliphatic carbocycles. The summed E-state index contributed by atoms with van der Waals surface area (Å²) in [5, 5.41) is 17.8. The van der Waals surface area contributed by atoms with E-state index in [1.165, 1.54) is 12.1 Å². The van der Waals surface area contributed by atoms with E-state index in [0.29, 0.717) is 12.4 Å². The first-order valence-electron chi connectivity index (χ1n) is 6.07. The maximum atomic E-state index is 13.4. The van der Waals surface area contributed by atoms with Gasteiger partial charge in [-0.15, -0.1) is 0 Å². The zero-order chi connectivity index (χ0) is 13.0. The molecule has 0 bridgehead atoms. The molecule has 0 amide bonds. The summed E-state index contributed by atoms with van der Waals surface area (Å²) in [5.41, 5.74) is -0.156. The maximum Gasteiger partial charge on any atom is 0.491 e. The molecule has 98 valence electrons. The average Bonchev–Trinajstić information content (AvgIpc) is 2.37. The van der Waals surface area contributed by atoms with E-state index in [1.807, 2.05) is 0 Å². The number of rotatable bonds is 4. The number of benzene rings is 1. The highest BCUT2D eigenvalue weighted by molar-refractivity contribution is 6.58. The molecule has 0 aromatic heterocycles. The van der Waals surface area contributed by atoms with E-state index < -0.39 is 12.9 Å². The summed E-state index contributed by atoms with van der Waals surface area (Å²) >= 11 is 0. The van der Waals surface area contributed by atoms with Crippen molar-refractivity contribution in [2.45, 2.75) is 25.4 Å². The maximum absolute atomic E-state index is 13.4. The lowest BCUT2D eigenvalue weighted by Gasteiger charge is -2.22. The molecule has 1 aromatic carbocycles. The van der Waals surface area contributed by atoms with Gasteiger partial charge in [0.2, 0.25) is 0 Å². The molecule has 2 rings (SSSR count). The van der Waals surface area contributed by atoms with Gasteiger partial charge >= 0.3 is 7.12 Å². The highest BCUT2D eigenvalue weighted by Crippen LogP contribution is 2.16. The van der Waals surface area contributed by atoms with Crippen molar-refractivity contribution >= 4 is 12.6 Å². The normalized spacial score (nSPS) is 19.6. The van der Waals surface area contributed by atoms with E-state index in [9.17, 15) is 4.39 Å². The first-order valence-corrected chi connectivity index (χ1v) is 6.07. The second kappa shape index (κ2) is 6.18. The molecule has 18 heavy (non-hydrogen) atoms. The number of halogens is 1. The second-order valence-corrected chi connectivity index (χ2v) is 4.36. The van der Waals surface area contributed by atoms with Crippen molar-refractivity contribution in [1.82, 2.24) is 0 Å². The standard InChI is InChI=1S/C12H16BFO4/c14-12-7-9(4-5-11(12)13(15)16)18-8-10-3-1-2-6-17-10/h4-5,7,10,15-16H,1-3,6,8H2. The van der Waals surface area contributed by atoms with Crippen molar-refractivity contribution in [3.8, 4) is 5.75 Å². The Morgan fingerprint density at radius 1 is 1.39 bits per heavy atom. The smallest absolute Gasteiger partial charge is 0.491 e. The van der Waals surface area contributed by atoms with Gasteiger partial charge in [-0.3, -0.25) is 0 Å². The third-order valence-electron chi connectivity index (χ3n) is 2.96. The lowest BCUT2D eigenvalue weighted by molar-refractivity contribution is -0.0111. The van der Waals surface area contributed by atoms with Crippen LogP contribution in [-0.4, -0.2) is 36.5 Å². The molecule has 1 fully saturated rings. The van der Waals surface area contributed by atoms with Gasteiger partial charge in [0.25, 0.3) is 0 Å². The average molecular weight is 254 g/mol. The molecule has 0 saturated carbocycles. The molecule has 1 unspecified atom stereocenters. The molecule has 4 nitrogen and oxygen atoms in total. The predicted octanol–water partition coefficient (Wildman–Crippen LogP) is 0.453. The van der Waals surface area contributed by atoms with E-state index in [1.54, 1.807) is 0 Å². The summed E-state index contributed by atoms with van der Waals surface area (Å²) in [6.07, 6.45) is 3.22. The van der Waals surface area contributed by atoms with Gasteiger partial charge in [-0.2, -0.15) is 0 Å². The fraction of sp³-hybridized carbons (Fsp3) is 0.500. The Morgan fingerprint density at radius 2 is 2.22 bits per heavy atom. The fourth-order valence-electron chi connectivity index (χ4n) is 1.94. The van der Waals surface area contributed by atoms with E-state index in [0.717, 1.165) is 31.9 Å². The van der Waals surface area contributed by atoms with Crippen LogP contribution in [0.2, 0.25) is 0 Å². The van der Waals surface area contributed by atoms with E-state index >= 15 is 0 Å². The summed E-state index contributed by atoms with van der Waals surface area (Å²) in [6.45, 7) is 1.14. The zero-order valence-electron chi connectivity index (χ0n) is 10.0. The van der Waals surface area contributed by atoms with Gasteiger partial charge in [0.05, 0.1) is 6.10 Å². The fourth-order valence-corrected chi connectivity index (χ4v) is 1.94. The number of hydrogen-bond acceptors (Lipinski definition) is 4. The van der Waals surface area contributed by atoms with Crippen molar-refractivity contribution in [2.75, 3.05) is 13.2 Å². The number of ether oxygens (including phenoxy) is 2. The van der Waals surface area contributed by atoms with Crippen molar-refractivity contribution in [3.05, 3.63) is 24.0 Å². The molecular weight excluding hydrogens is 238 g/mol. The van der Waals surface area contributed by atoms with E-state index in [-0.39, 0.29) is 11.6 Å². The van der Waals surface area contributed by atoms with Crippen molar-refractivity contribution in [2.24, 2.45) is 0 Å². The van der Waals surface area contributed by atoms with E-state index in [2.05, 4.69) is 0 Å². The second-order valence-electron chi connectivity index (χ2n) is 4.36. The Labute approximate surface area is 105 Å². The van der Waals surface area contributed by atoms with Gasteiger partial charge in [0.1, 0.15) is 18.2 Å². The van der Waals surface area contributed by atoms with Crippen LogP contribution in [0.3, 0.4) is 0 Å². The quantitative estimate of drug-likeness (QED) is 0.766. The van der Waals surface area contributed by atoms with Gasteiger partial charge < -0.3 is 19.5 Å². The minimum atomic E-state index is -1.80. The van der Waals surface area contributed by atoms with Gasteiger partial charge in [0.15, 0.2) is 0 Å². The minimum absolute atomic E-state index is 0.0601. The minimum Gasteiger partial charge on any atom is -0.491 e. The molecule has 0 radical (unpaired) electrons. The lowest BCUT2D eigenvalue weighted by Crippen LogP contribution is -2.32. The summed E-state index contributed by atoms with van der Waals surface area (Å²) in [7, 11) is -1.80. The molecule has 1 aliphatic rings. The molecule has 0 spiro atoms. The van der Waals surface area contributed by atoms with Crippen LogP contribution in [0.5, 0.6) is 5.75 Å². The van der Waals surface area contributed by atoms with Crippen LogP contribution in [0, 0.1) is 5.82 Å². The molecule has 1 atom stereocenters. The topological polar surface area (TPSA) is 58.9 Å². The first kappa shape index (κ1) is 13.3. The third-order valence-corrected chi connectivity index (χ3v) is 2.96. The van der Waals surface area contributed by atoms with Crippen molar-refractivity contribution in [1.29, 1.82) is 0 Å². The Morgan fingerprint density at radius 3 is 2.83 bits per heavy atom. The van der Waals surface area contributed by atoms with Crippen LogP contribution in [0.1, 0.15) is 19.3 Å². The van der Waals surface area contributed by atoms with Crippen LogP contribution in [-0.2, 0) is 4.74 Å². The Kier molecular flexibility index (Phi) is 4.57. The van der Waals surface area contributed by atoms with E-state index in [4.69, 9.17) is 19.5 Å². The van der Waals surface area contributed by atoms with Gasteiger partial charge in [-0.05, 0) is 25.3 Å². The monoisotopic (exact) mass is 254 g/mol. The Balaban J connectivity index is 1.91. The highest BCUT2D eigenvalue weighted by atomic mass is 19.1. The summed E-state index contributed by atoms with van der Waals surface area (Å²) in [4.78, 5) is 0. The molecule has 2 N–H and O–H groups in total. The van der Waals surface area contributed by atoms with Crippen LogP contribution < -0.4 is 10.2 Å². The summed E-state index contributed by atoms with van der Waals surface area (Å²) in [5.74, 6) is -0.321. The highest BCUT2D eigenvalue weighted by Gasteiger charge is 2.18. The van der Waals surface area contributed by atoms with Crippen LogP contribution in [0.4, 0.5) is 4.39 Å². The molecule has 1 aromatic rings.